The van der Waals surface area contributed by atoms with Gasteiger partial charge in [-0.3, -0.25) is 4.90 Å². The van der Waals surface area contributed by atoms with Crippen LogP contribution in [0.5, 0.6) is 0 Å². The second-order valence-corrected chi connectivity index (χ2v) is 6.73. The van der Waals surface area contributed by atoms with Crippen LogP contribution >= 0.6 is 11.3 Å². The molecule has 2 heterocycles. The van der Waals surface area contributed by atoms with E-state index in [9.17, 15) is 0 Å². The van der Waals surface area contributed by atoms with Gasteiger partial charge >= 0.3 is 0 Å². The van der Waals surface area contributed by atoms with E-state index >= 15 is 0 Å². The Bertz CT molecular complexity index is 361. The number of nitrogens with zero attached hydrogens (tertiary/aromatic N) is 1. The molecule has 18 heavy (non-hydrogen) atoms. The van der Waals surface area contributed by atoms with E-state index < -0.39 is 0 Å². The van der Waals surface area contributed by atoms with Gasteiger partial charge in [-0.1, -0.05) is 6.92 Å². The Labute approximate surface area is 115 Å². The lowest BCUT2D eigenvalue weighted by Gasteiger charge is -2.36. The molecule has 1 aliphatic rings. The third-order valence-electron chi connectivity index (χ3n) is 4.08. The van der Waals surface area contributed by atoms with Gasteiger partial charge in [-0.05, 0) is 49.6 Å². The fourth-order valence-corrected chi connectivity index (χ4v) is 3.58. The summed E-state index contributed by atoms with van der Waals surface area (Å²) in [7, 11) is 0. The minimum atomic E-state index is 0.770. The van der Waals surface area contributed by atoms with E-state index in [0.717, 1.165) is 25.0 Å². The lowest BCUT2D eigenvalue weighted by atomic mass is 9.95. The van der Waals surface area contributed by atoms with Gasteiger partial charge in [-0.25, -0.2) is 0 Å². The van der Waals surface area contributed by atoms with Crippen LogP contribution in [0.2, 0.25) is 0 Å². The average molecular weight is 266 g/mol. The summed E-state index contributed by atoms with van der Waals surface area (Å²) in [6.07, 6.45) is 2.77. The summed E-state index contributed by atoms with van der Waals surface area (Å²) < 4.78 is 0. The summed E-state index contributed by atoms with van der Waals surface area (Å²) in [6.45, 7) is 11.5. The van der Waals surface area contributed by atoms with Gasteiger partial charge < -0.3 is 5.32 Å². The molecule has 0 bridgehead atoms. The minimum Gasteiger partial charge on any atom is -0.311 e. The zero-order chi connectivity index (χ0) is 13.0. The standard InChI is InChI=1S/C15H26N2S/c1-12-4-5-14(3)17(11-12)8-7-16-10-15-13(2)6-9-18-15/h6,9,12,14,16H,4-5,7-8,10-11H2,1-3H3. The Morgan fingerprint density at radius 3 is 2.94 bits per heavy atom. The van der Waals surface area contributed by atoms with Crippen LogP contribution in [0.1, 0.15) is 37.1 Å². The first-order valence-corrected chi connectivity index (χ1v) is 8.02. The molecule has 2 rings (SSSR count). The molecule has 0 radical (unpaired) electrons. The van der Waals surface area contributed by atoms with E-state index in [-0.39, 0.29) is 0 Å². The molecule has 1 saturated heterocycles. The highest BCUT2D eigenvalue weighted by atomic mass is 32.1. The topological polar surface area (TPSA) is 15.3 Å². The van der Waals surface area contributed by atoms with Crippen molar-refractivity contribution in [1.29, 1.82) is 0 Å². The average Bonchev–Trinajstić information content (AvgIpc) is 2.75. The third kappa shape index (κ3) is 3.81. The van der Waals surface area contributed by atoms with Crippen LogP contribution in [0.25, 0.3) is 0 Å². The van der Waals surface area contributed by atoms with Crippen LogP contribution in [0.15, 0.2) is 11.4 Å². The third-order valence-corrected chi connectivity index (χ3v) is 5.10. The van der Waals surface area contributed by atoms with Gasteiger partial charge in [0.05, 0.1) is 0 Å². The molecule has 2 atom stereocenters. The van der Waals surface area contributed by atoms with Crippen LogP contribution in [0.4, 0.5) is 0 Å². The Morgan fingerprint density at radius 2 is 2.22 bits per heavy atom. The number of aryl methyl sites for hydroxylation is 1. The molecule has 0 aliphatic carbocycles. The van der Waals surface area contributed by atoms with Crippen LogP contribution in [0, 0.1) is 12.8 Å². The van der Waals surface area contributed by atoms with Crippen molar-refractivity contribution in [1.82, 2.24) is 10.2 Å². The maximum absolute atomic E-state index is 3.58. The maximum atomic E-state index is 3.58. The number of rotatable bonds is 5. The first-order chi connectivity index (χ1) is 8.66. The highest BCUT2D eigenvalue weighted by Gasteiger charge is 2.21. The van der Waals surface area contributed by atoms with Crippen molar-refractivity contribution in [3.05, 3.63) is 21.9 Å². The van der Waals surface area contributed by atoms with E-state index in [4.69, 9.17) is 0 Å². The van der Waals surface area contributed by atoms with Crippen molar-refractivity contribution in [3.8, 4) is 0 Å². The summed E-state index contributed by atoms with van der Waals surface area (Å²) >= 11 is 1.86. The quantitative estimate of drug-likeness (QED) is 0.823. The fourth-order valence-electron chi connectivity index (χ4n) is 2.70. The van der Waals surface area contributed by atoms with Gasteiger partial charge in [-0.2, -0.15) is 0 Å². The molecule has 0 spiro atoms. The van der Waals surface area contributed by atoms with Crippen molar-refractivity contribution in [2.24, 2.45) is 5.92 Å². The van der Waals surface area contributed by atoms with E-state index in [0.29, 0.717) is 0 Å². The SMILES string of the molecule is Cc1ccsc1CNCCN1CC(C)CCC1C. The van der Waals surface area contributed by atoms with E-state index in [1.54, 1.807) is 0 Å². The highest BCUT2D eigenvalue weighted by Crippen LogP contribution is 2.20. The molecule has 1 N–H and O–H groups in total. The van der Waals surface area contributed by atoms with Crippen LogP contribution in [0.3, 0.4) is 0 Å². The minimum absolute atomic E-state index is 0.770. The highest BCUT2D eigenvalue weighted by molar-refractivity contribution is 7.10. The number of thiophene rings is 1. The Kier molecular flexibility index (Phi) is 5.22. The van der Waals surface area contributed by atoms with E-state index in [1.807, 2.05) is 11.3 Å². The number of hydrogen-bond acceptors (Lipinski definition) is 3. The predicted octanol–water partition coefficient (Wildman–Crippen LogP) is 3.27. The molecule has 2 nitrogen and oxygen atoms in total. The van der Waals surface area contributed by atoms with Gasteiger partial charge in [0.1, 0.15) is 0 Å². The number of nitrogens with one attached hydrogen (secondary N) is 1. The fraction of sp³-hybridized carbons (Fsp3) is 0.733. The molecule has 0 saturated carbocycles. The predicted molar refractivity (Wildman–Crippen MR) is 80.2 cm³/mol. The van der Waals surface area contributed by atoms with Crippen molar-refractivity contribution >= 4 is 11.3 Å². The first-order valence-electron chi connectivity index (χ1n) is 7.14. The lowest BCUT2D eigenvalue weighted by Crippen LogP contribution is -2.44. The Balaban J connectivity index is 1.67. The number of hydrogen-bond donors (Lipinski definition) is 1. The maximum Gasteiger partial charge on any atom is 0.0302 e. The molecule has 1 fully saturated rings. The van der Waals surface area contributed by atoms with Gasteiger partial charge in [0.15, 0.2) is 0 Å². The molecular formula is C15H26N2S. The lowest BCUT2D eigenvalue weighted by molar-refractivity contribution is 0.126. The van der Waals surface area contributed by atoms with E-state index in [1.165, 1.54) is 36.4 Å². The van der Waals surface area contributed by atoms with Crippen molar-refractivity contribution < 1.29 is 0 Å². The van der Waals surface area contributed by atoms with Crippen LogP contribution in [-0.2, 0) is 6.54 Å². The monoisotopic (exact) mass is 266 g/mol. The molecule has 1 aromatic rings. The van der Waals surface area contributed by atoms with Crippen LogP contribution < -0.4 is 5.32 Å². The second-order valence-electron chi connectivity index (χ2n) is 5.73. The molecule has 0 amide bonds. The van der Waals surface area contributed by atoms with Crippen molar-refractivity contribution in [2.75, 3.05) is 19.6 Å². The zero-order valence-electron chi connectivity index (χ0n) is 11.9. The van der Waals surface area contributed by atoms with Gasteiger partial charge in [0, 0.05) is 37.1 Å². The summed E-state index contributed by atoms with van der Waals surface area (Å²) in [5.74, 6) is 0.876. The first kappa shape index (κ1) is 14.0. The number of likely N-dealkylation sites (tertiary alicyclic amines) is 1. The van der Waals surface area contributed by atoms with Crippen molar-refractivity contribution in [2.45, 2.75) is 46.2 Å². The Hall–Kier alpha value is -0.380. The number of piperidine rings is 1. The van der Waals surface area contributed by atoms with Gasteiger partial charge in [0.2, 0.25) is 0 Å². The molecule has 0 aromatic carbocycles. The molecular weight excluding hydrogens is 240 g/mol. The zero-order valence-corrected chi connectivity index (χ0v) is 12.7. The van der Waals surface area contributed by atoms with Crippen molar-refractivity contribution in [3.63, 3.8) is 0 Å². The van der Waals surface area contributed by atoms with Crippen LogP contribution in [-0.4, -0.2) is 30.6 Å². The van der Waals surface area contributed by atoms with Gasteiger partial charge in [0.25, 0.3) is 0 Å². The Morgan fingerprint density at radius 1 is 1.39 bits per heavy atom. The molecule has 3 heteroatoms. The summed E-state index contributed by atoms with van der Waals surface area (Å²) in [4.78, 5) is 4.12. The summed E-state index contributed by atoms with van der Waals surface area (Å²) in [5.41, 5.74) is 1.42. The molecule has 1 aliphatic heterocycles. The molecule has 2 unspecified atom stereocenters. The molecule has 102 valence electrons. The normalized spacial score (nSPS) is 25.5. The van der Waals surface area contributed by atoms with E-state index in [2.05, 4.69) is 42.4 Å². The molecule has 1 aromatic heterocycles. The van der Waals surface area contributed by atoms with Gasteiger partial charge in [-0.15, -0.1) is 11.3 Å². The largest absolute Gasteiger partial charge is 0.311 e. The summed E-state index contributed by atoms with van der Waals surface area (Å²) in [5, 5.41) is 5.76. The smallest absolute Gasteiger partial charge is 0.0302 e. The summed E-state index contributed by atoms with van der Waals surface area (Å²) in [6, 6.07) is 2.97. The second kappa shape index (κ2) is 6.69.